The number of nitrogens with one attached hydrogen (secondary N) is 2. The highest BCUT2D eigenvalue weighted by molar-refractivity contribution is 7.14. The third-order valence-corrected chi connectivity index (χ3v) is 5.36. The molecule has 0 saturated heterocycles. The van der Waals surface area contributed by atoms with Crippen LogP contribution in [0.5, 0.6) is 0 Å². The SMILES string of the molecule is CCN=Cc1sc(CN2NNc3ncc(-c4cnn(C(C)C)c4)nc32)cc1N. The van der Waals surface area contributed by atoms with Crippen molar-refractivity contribution in [2.24, 2.45) is 4.99 Å². The van der Waals surface area contributed by atoms with Gasteiger partial charge in [0.1, 0.15) is 0 Å². The average Bonchev–Trinajstić information content (AvgIpc) is 3.39. The molecule has 0 spiro atoms. The quantitative estimate of drug-likeness (QED) is 0.549. The van der Waals surface area contributed by atoms with Gasteiger partial charge in [0.25, 0.3) is 0 Å². The molecule has 28 heavy (non-hydrogen) atoms. The zero-order valence-electron chi connectivity index (χ0n) is 16.0. The Balaban J connectivity index is 1.57. The van der Waals surface area contributed by atoms with Crippen molar-refractivity contribution in [1.82, 2.24) is 25.3 Å². The van der Waals surface area contributed by atoms with Crippen molar-refractivity contribution in [3.63, 3.8) is 0 Å². The van der Waals surface area contributed by atoms with Crippen LogP contribution in [0.3, 0.4) is 0 Å². The molecule has 3 aromatic rings. The van der Waals surface area contributed by atoms with Crippen LogP contribution in [0, 0.1) is 0 Å². The highest BCUT2D eigenvalue weighted by Crippen LogP contribution is 2.31. The van der Waals surface area contributed by atoms with Crippen molar-refractivity contribution in [2.45, 2.75) is 33.4 Å². The molecule has 4 rings (SSSR count). The lowest BCUT2D eigenvalue weighted by Gasteiger charge is -2.15. The van der Waals surface area contributed by atoms with Crippen molar-refractivity contribution >= 4 is 34.9 Å². The molecule has 146 valence electrons. The predicted molar refractivity (Wildman–Crippen MR) is 113 cm³/mol. The Hall–Kier alpha value is -2.98. The van der Waals surface area contributed by atoms with Crippen LogP contribution in [0.2, 0.25) is 0 Å². The van der Waals surface area contributed by atoms with E-state index in [0.717, 1.165) is 39.1 Å². The Morgan fingerprint density at radius 2 is 2.21 bits per heavy atom. The highest BCUT2D eigenvalue weighted by atomic mass is 32.1. The van der Waals surface area contributed by atoms with Gasteiger partial charge in [-0.1, -0.05) is 0 Å². The molecule has 0 bridgehead atoms. The molecular formula is C18H23N9S. The number of hydrazine groups is 2. The van der Waals surface area contributed by atoms with Crippen molar-refractivity contribution in [3.05, 3.63) is 34.4 Å². The normalized spacial score (nSPS) is 13.5. The number of thiophene rings is 1. The lowest BCUT2D eigenvalue weighted by Crippen LogP contribution is -2.35. The van der Waals surface area contributed by atoms with Crippen LogP contribution >= 0.6 is 11.3 Å². The smallest absolute Gasteiger partial charge is 0.190 e. The first kappa shape index (κ1) is 18.4. The number of fused-ring (bicyclic) bond motifs is 1. The first-order chi connectivity index (χ1) is 13.5. The maximum Gasteiger partial charge on any atom is 0.190 e. The minimum Gasteiger partial charge on any atom is -0.398 e. The van der Waals surface area contributed by atoms with E-state index in [4.69, 9.17) is 10.7 Å². The Kier molecular flexibility index (Phi) is 4.97. The van der Waals surface area contributed by atoms with E-state index >= 15 is 0 Å². The van der Waals surface area contributed by atoms with Crippen LogP contribution in [-0.4, -0.2) is 32.5 Å². The predicted octanol–water partition coefficient (Wildman–Crippen LogP) is 2.86. The first-order valence-electron chi connectivity index (χ1n) is 9.14. The number of hydrogen-bond donors (Lipinski definition) is 3. The van der Waals surface area contributed by atoms with Gasteiger partial charge >= 0.3 is 0 Å². The molecule has 0 unspecified atom stereocenters. The molecule has 0 radical (unpaired) electrons. The van der Waals surface area contributed by atoms with E-state index in [-0.39, 0.29) is 0 Å². The van der Waals surface area contributed by atoms with Gasteiger partial charge in [-0.15, -0.1) is 16.9 Å². The number of hydrogen-bond acceptors (Lipinski definition) is 9. The Bertz CT molecular complexity index is 1000. The van der Waals surface area contributed by atoms with E-state index in [1.54, 1.807) is 17.5 Å². The molecule has 4 heterocycles. The van der Waals surface area contributed by atoms with Crippen molar-refractivity contribution < 1.29 is 0 Å². The number of aromatic nitrogens is 4. The number of aliphatic imine (C=N–C) groups is 1. The molecule has 3 aromatic heterocycles. The molecule has 0 fully saturated rings. The number of rotatable bonds is 6. The van der Waals surface area contributed by atoms with Crippen LogP contribution in [0.15, 0.2) is 29.6 Å². The number of nitrogens with zero attached hydrogens (tertiary/aromatic N) is 6. The first-order valence-corrected chi connectivity index (χ1v) is 9.95. The summed E-state index contributed by atoms with van der Waals surface area (Å²) in [6, 6.07) is 2.27. The largest absolute Gasteiger partial charge is 0.398 e. The fourth-order valence-electron chi connectivity index (χ4n) is 2.82. The zero-order chi connectivity index (χ0) is 19.7. The summed E-state index contributed by atoms with van der Waals surface area (Å²) in [5, 5.41) is 6.31. The molecule has 1 aliphatic rings. The molecule has 0 amide bonds. The van der Waals surface area contributed by atoms with Crippen LogP contribution in [-0.2, 0) is 6.54 Å². The highest BCUT2D eigenvalue weighted by Gasteiger charge is 2.23. The summed E-state index contributed by atoms with van der Waals surface area (Å²) in [5.74, 6) is 1.43. The summed E-state index contributed by atoms with van der Waals surface area (Å²) in [4.78, 5) is 15.6. The second-order valence-corrected chi connectivity index (χ2v) is 7.88. The van der Waals surface area contributed by atoms with Gasteiger partial charge in [-0.25, -0.2) is 9.97 Å². The maximum atomic E-state index is 6.11. The monoisotopic (exact) mass is 397 g/mol. The minimum atomic E-state index is 0.297. The summed E-state index contributed by atoms with van der Waals surface area (Å²) >= 11 is 1.62. The van der Waals surface area contributed by atoms with E-state index in [2.05, 4.69) is 39.9 Å². The Morgan fingerprint density at radius 1 is 1.36 bits per heavy atom. The number of nitrogen functional groups attached to an aromatic ring is 1. The van der Waals surface area contributed by atoms with E-state index in [0.29, 0.717) is 18.4 Å². The molecule has 9 nitrogen and oxygen atoms in total. The van der Waals surface area contributed by atoms with Gasteiger partial charge in [0.15, 0.2) is 11.6 Å². The molecule has 0 aromatic carbocycles. The van der Waals surface area contributed by atoms with Gasteiger partial charge in [-0.05, 0) is 26.8 Å². The number of anilines is 3. The molecule has 4 N–H and O–H groups in total. The average molecular weight is 398 g/mol. The second kappa shape index (κ2) is 7.56. The summed E-state index contributed by atoms with van der Waals surface area (Å²) in [6.07, 6.45) is 7.38. The van der Waals surface area contributed by atoms with Crippen LogP contribution in [0.25, 0.3) is 11.3 Å². The standard InChI is InChI=1S/C18H23N9S/c1-4-20-8-16-14(19)5-13(28-16)10-27-18-17(24-25-27)21-7-15(23-18)12-6-22-26(9-12)11(2)3/h5-9,11,25H,4,10,19H2,1-3H3,(H,21,24). The van der Waals surface area contributed by atoms with E-state index in [9.17, 15) is 0 Å². The van der Waals surface area contributed by atoms with Gasteiger partial charge in [-0.3, -0.25) is 20.1 Å². The third-order valence-electron chi connectivity index (χ3n) is 4.29. The van der Waals surface area contributed by atoms with Gasteiger partial charge < -0.3 is 5.73 Å². The van der Waals surface area contributed by atoms with Crippen LogP contribution in [0.4, 0.5) is 17.3 Å². The fourth-order valence-corrected chi connectivity index (χ4v) is 3.78. The summed E-state index contributed by atoms with van der Waals surface area (Å²) in [7, 11) is 0. The Morgan fingerprint density at radius 3 is 2.96 bits per heavy atom. The second-order valence-electron chi connectivity index (χ2n) is 6.71. The summed E-state index contributed by atoms with van der Waals surface area (Å²) in [5.41, 5.74) is 14.7. The van der Waals surface area contributed by atoms with Gasteiger partial charge in [0.2, 0.25) is 0 Å². The molecular weight excluding hydrogens is 374 g/mol. The van der Waals surface area contributed by atoms with Crippen LogP contribution in [0.1, 0.15) is 36.6 Å². The van der Waals surface area contributed by atoms with E-state index < -0.39 is 0 Å². The van der Waals surface area contributed by atoms with Crippen molar-refractivity contribution in [3.8, 4) is 11.3 Å². The zero-order valence-corrected chi connectivity index (χ0v) is 16.9. The molecule has 0 saturated carbocycles. The van der Waals surface area contributed by atoms with Gasteiger partial charge in [0.05, 0.1) is 35.2 Å². The third kappa shape index (κ3) is 3.56. The van der Waals surface area contributed by atoms with E-state index in [1.165, 1.54) is 0 Å². The van der Waals surface area contributed by atoms with Crippen molar-refractivity contribution in [1.29, 1.82) is 0 Å². The molecule has 1 aliphatic heterocycles. The topological polar surface area (TPSA) is 109 Å². The van der Waals surface area contributed by atoms with E-state index in [1.807, 2.05) is 41.3 Å². The molecule has 0 aliphatic carbocycles. The maximum absolute atomic E-state index is 6.11. The summed E-state index contributed by atoms with van der Waals surface area (Å²) < 4.78 is 1.91. The van der Waals surface area contributed by atoms with Crippen LogP contribution < -0.4 is 21.7 Å². The molecule has 10 heteroatoms. The van der Waals surface area contributed by atoms with Crippen molar-refractivity contribution in [2.75, 3.05) is 22.7 Å². The van der Waals surface area contributed by atoms with Gasteiger partial charge in [0, 0.05) is 35.4 Å². The number of nitrogens with two attached hydrogens (primary N) is 1. The lowest BCUT2D eigenvalue weighted by molar-refractivity contribution is 0.532. The fraction of sp³-hybridized carbons (Fsp3) is 0.333. The van der Waals surface area contributed by atoms with Gasteiger partial charge in [-0.2, -0.15) is 5.10 Å². The Labute approximate surface area is 167 Å². The minimum absolute atomic E-state index is 0.297. The summed E-state index contributed by atoms with van der Waals surface area (Å²) in [6.45, 7) is 7.53. The molecule has 0 atom stereocenters. The lowest BCUT2D eigenvalue weighted by atomic mass is 10.2.